The van der Waals surface area contributed by atoms with Crippen molar-refractivity contribution in [3.05, 3.63) is 101 Å². The summed E-state index contributed by atoms with van der Waals surface area (Å²) in [6, 6.07) is 23.1. The van der Waals surface area contributed by atoms with Crippen molar-refractivity contribution in [1.29, 1.82) is 0 Å². The number of halogens is 1. The van der Waals surface area contributed by atoms with Crippen molar-refractivity contribution in [2.75, 3.05) is 23.4 Å². The van der Waals surface area contributed by atoms with Crippen LogP contribution < -0.4 is 20.3 Å². The third kappa shape index (κ3) is 5.53. The molecule has 7 nitrogen and oxygen atoms in total. The molecule has 0 aromatic heterocycles. The molecule has 0 spiro atoms. The van der Waals surface area contributed by atoms with E-state index in [0.717, 1.165) is 16.9 Å². The van der Waals surface area contributed by atoms with Crippen LogP contribution in [-0.2, 0) is 16.0 Å². The molecule has 1 heterocycles. The van der Waals surface area contributed by atoms with Crippen molar-refractivity contribution in [3.63, 3.8) is 0 Å². The quantitative estimate of drug-likeness (QED) is 0.432. The van der Waals surface area contributed by atoms with E-state index in [2.05, 4.69) is 10.6 Å². The van der Waals surface area contributed by atoms with Crippen molar-refractivity contribution in [2.45, 2.75) is 13.3 Å². The first-order valence-corrected chi connectivity index (χ1v) is 11.6. The second kappa shape index (κ2) is 10.9. The van der Waals surface area contributed by atoms with Crippen LogP contribution >= 0.6 is 11.6 Å². The molecular weight excluding hydrogens is 466 g/mol. The lowest BCUT2D eigenvalue weighted by Crippen LogP contribution is -2.32. The van der Waals surface area contributed by atoms with Gasteiger partial charge in [-0.05, 0) is 67.4 Å². The largest absolute Gasteiger partial charge is 0.494 e. The monoisotopic (exact) mass is 489 g/mol. The van der Waals surface area contributed by atoms with Gasteiger partial charge in [-0.3, -0.25) is 14.4 Å². The summed E-state index contributed by atoms with van der Waals surface area (Å²) in [6.07, 6.45) is 0.736. The molecule has 2 N–H and O–H groups in total. The van der Waals surface area contributed by atoms with Crippen LogP contribution in [0.3, 0.4) is 0 Å². The lowest BCUT2D eigenvalue weighted by atomic mass is 10.1. The van der Waals surface area contributed by atoms with Crippen LogP contribution in [0.1, 0.15) is 22.8 Å². The number of amides is 3. The number of carbonyl (C=O) groups is 3. The average molecular weight is 490 g/mol. The molecule has 3 amide bonds. The summed E-state index contributed by atoms with van der Waals surface area (Å²) in [7, 11) is 0. The van der Waals surface area contributed by atoms with E-state index in [4.69, 9.17) is 16.3 Å². The summed E-state index contributed by atoms with van der Waals surface area (Å²) < 4.78 is 5.40. The Morgan fingerprint density at radius 2 is 1.60 bits per heavy atom. The van der Waals surface area contributed by atoms with Gasteiger partial charge < -0.3 is 15.4 Å². The van der Waals surface area contributed by atoms with Crippen molar-refractivity contribution in [2.24, 2.45) is 0 Å². The molecule has 0 fully saturated rings. The molecule has 0 saturated heterocycles. The van der Waals surface area contributed by atoms with E-state index >= 15 is 0 Å². The number of rotatable bonds is 9. The Hall–Kier alpha value is -4.10. The Morgan fingerprint density at radius 1 is 0.914 bits per heavy atom. The Balaban J connectivity index is 1.38. The van der Waals surface area contributed by atoms with Crippen LogP contribution in [0.15, 0.2) is 89.6 Å². The predicted octanol–water partition coefficient (Wildman–Crippen LogP) is 4.49. The smallest absolute Gasteiger partial charge is 0.283 e. The number of nitrogens with one attached hydrogen (secondary N) is 2. The molecular formula is C27H24ClN3O4. The van der Waals surface area contributed by atoms with Gasteiger partial charge in [0.05, 0.1) is 12.3 Å². The van der Waals surface area contributed by atoms with E-state index in [1.807, 2.05) is 37.3 Å². The van der Waals surface area contributed by atoms with Crippen LogP contribution in [0.2, 0.25) is 0 Å². The van der Waals surface area contributed by atoms with Crippen LogP contribution in [0, 0.1) is 0 Å². The zero-order chi connectivity index (χ0) is 24.8. The Kier molecular flexibility index (Phi) is 7.48. The molecule has 0 unspecified atom stereocenters. The summed E-state index contributed by atoms with van der Waals surface area (Å²) in [5.74, 6) is -0.736. The van der Waals surface area contributed by atoms with E-state index in [-0.39, 0.29) is 16.6 Å². The maximum Gasteiger partial charge on any atom is 0.283 e. The fraction of sp³-hybridized carbons (Fsp3) is 0.148. The maximum atomic E-state index is 13.0. The topological polar surface area (TPSA) is 87.7 Å². The number of nitrogens with zero attached hydrogens (tertiary/aromatic N) is 1. The molecule has 3 aromatic rings. The summed E-state index contributed by atoms with van der Waals surface area (Å²) >= 11 is 6.20. The first-order chi connectivity index (χ1) is 17.0. The van der Waals surface area contributed by atoms with Crippen LogP contribution in [0.5, 0.6) is 5.75 Å². The number of imide groups is 1. The molecule has 1 aliphatic heterocycles. The van der Waals surface area contributed by atoms with Crippen LogP contribution in [-0.4, -0.2) is 30.9 Å². The number of hydrogen-bond donors (Lipinski definition) is 2. The maximum absolute atomic E-state index is 13.0. The second-order valence-corrected chi connectivity index (χ2v) is 8.13. The Morgan fingerprint density at radius 3 is 2.26 bits per heavy atom. The SMILES string of the molecule is CCOc1ccc(N2C(=O)C(Cl)=C(Nc3ccc(C(=O)NCCc4ccccc4)cc3)C2=O)cc1. The van der Waals surface area contributed by atoms with Gasteiger partial charge in [0.2, 0.25) is 0 Å². The second-order valence-electron chi connectivity index (χ2n) is 7.76. The summed E-state index contributed by atoms with van der Waals surface area (Å²) in [5.41, 5.74) is 2.52. The number of hydrogen-bond acceptors (Lipinski definition) is 5. The highest BCUT2D eigenvalue weighted by Gasteiger charge is 2.39. The third-order valence-electron chi connectivity index (χ3n) is 5.39. The molecule has 178 valence electrons. The number of ether oxygens (including phenoxy) is 1. The van der Waals surface area contributed by atoms with E-state index in [1.54, 1.807) is 48.5 Å². The van der Waals surface area contributed by atoms with Crippen molar-refractivity contribution in [3.8, 4) is 5.75 Å². The lowest BCUT2D eigenvalue weighted by molar-refractivity contribution is -0.120. The van der Waals surface area contributed by atoms with Gasteiger partial charge >= 0.3 is 0 Å². The molecule has 0 atom stereocenters. The molecule has 0 radical (unpaired) electrons. The van der Waals surface area contributed by atoms with E-state index in [9.17, 15) is 14.4 Å². The van der Waals surface area contributed by atoms with Gasteiger partial charge in [0.15, 0.2) is 0 Å². The fourth-order valence-corrected chi connectivity index (χ4v) is 3.83. The highest BCUT2D eigenvalue weighted by molar-refractivity contribution is 6.53. The molecule has 1 aliphatic rings. The lowest BCUT2D eigenvalue weighted by Gasteiger charge is -2.15. The number of carbonyl (C=O) groups excluding carboxylic acids is 3. The molecule has 0 aliphatic carbocycles. The van der Waals surface area contributed by atoms with E-state index in [1.165, 1.54) is 0 Å². The van der Waals surface area contributed by atoms with Gasteiger partial charge in [-0.2, -0.15) is 0 Å². The first-order valence-electron chi connectivity index (χ1n) is 11.2. The van der Waals surface area contributed by atoms with Crippen molar-refractivity contribution in [1.82, 2.24) is 5.32 Å². The van der Waals surface area contributed by atoms with Gasteiger partial charge in [0.1, 0.15) is 16.5 Å². The van der Waals surface area contributed by atoms with E-state index < -0.39 is 11.8 Å². The zero-order valence-corrected chi connectivity index (χ0v) is 19.8. The van der Waals surface area contributed by atoms with Crippen LogP contribution in [0.25, 0.3) is 0 Å². The van der Waals surface area contributed by atoms with Gasteiger partial charge in [-0.15, -0.1) is 0 Å². The minimum atomic E-state index is -0.613. The molecule has 3 aromatic carbocycles. The third-order valence-corrected chi connectivity index (χ3v) is 5.74. The van der Waals surface area contributed by atoms with Gasteiger partial charge in [0, 0.05) is 17.8 Å². The summed E-state index contributed by atoms with van der Waals surface area (Å²) in [4.78, 5) is 39.1. The molecule has 8 heteroatoms. The normalized spacial score (nSPS) is 13.3. The highest BCUT2D eigenvalue weighted by atomic mass is 35.5. The first kappa shape index (κ1) is 24.0. The average Bonchev–Trinajstić information content (AvgIpc) is 3.09. The number of anilines is 2. The summed E-state index contributed by atoms with van der Waals surface area (Å²) in [5, 5.41) is 5.60. The number of benzene rings is 3. The zero-order valence-electron chi connectivity index (χ0n) is 19.1. The predicted molar refractivity (Wildman–Crippen MR) is 136 cm³/mol. The minimum absolute atomic E-state index is 0.0226. The van der Waals surface area contributed by atoms with Crippen LogP contribution in [0.4, 0.5) is 11.4 Å². The fourth-order valence-electron chi connectivity index (χ4n) is 3.62. The minimum Gasteiger partial charge on any atom is -0.494 e. The standard InChI is InChI=1S/C27H24ClN3O4/c1-2-35-22-14-12-21(13-15-22)31-26(33)23(28)24(27(31)34)30-20-10-8-19(9-11-20)25(32)29-17-16-18-6-4-3-5-7-18/h3-15,30H,2,16-17H2,1H3,(H,29,32). The summed E-state index contributed by atoms with van der Waals surface area (Å²) in [6.45, 7) is 2.90. The van der Waals surface area contributed by atoms with Crippen molar-refractivity contribution >= 4 is 40.7 Å². The van der Waals surface area contributed by atoms with Gasteiger partial charge in [0.25, 0.3) is 17.7 Å². The Labute approximate surface area is 208 Å². The molecule has 0 bridgehead atoms. The van der Waals surface area contributed by atoms with Gasteiger partial charge in [-0.1, -0.05) is 41.9 Å². The Bertz CT molecular complexity index is 1260. The highest BCUT2D eigenvalue weighted by Crippen LogP contribution is 2.31. The molecule has 35 heavy (non-hydrogen) atoms. The molecule has 4 rings (SSSR count). The van der Waals surface area contributed by atoms with Gasteiger partial charge in [-0.25, -0.2) is 4.90 Å². The van der Waals surface area contributed by atoms with E-state index in [0.29, 0.717) is 35.8 Å². The van der Waals surface area contributed by atoms with Crippen molar-refractivity contribution < 1.29 is 19.1 Å². The molecule has 0 saturated carbocycles.